The summed E-state index contributed by atoms with van der Waals surface area (Å²) in [7, 11) is 0. The van der Waals surface area contributed by atoms with Crippen LogP contribution in [-0.4, -0.2) is 140 Å². The molecule has 2 aliphatic rings. The topological polar surface area (TPSA) is 228 Å². The van der Waals surface area contributed by atoms with E-state index < -0.39 is 86.8 Å². The number of hydrogen-bond acceptors (Lipinski definition) is 13. The molecule has 12 atom stereocenters. The lowest BCUT2D eigenvalue weighted by atomic mass is 9.97. The van der Waals surface area contributed by atoms with Crippen LogP contribution in [0, 0.1) is 0 Å². The van der Waals surface area contributed by atoms with Gasteiger partial charge in [-0.05, 0) is 57.8 Å². The molecule has 0 aromatic rings. The molecule has 2 aliphatic heterocycles. The predicted octanol–water partition coefficient (Wildman–Crippen LogP) is 11.0. The Morgan fingerprint density at radius 3 is 1.29 bits per heavy atom. The van der Waals surface area contributed by atoms with Crippen molar-refractivity contribution in [3.63, 3.8) is 0 Å². The van der Waals surface area contributed by atoms with Crippen LogP contribution in [0.15, 0.2) is 36.5 Å². The first kappa shape index (κ1) is 70.3. The lowest BCUT2D eigenvalue weighted by Gasteiger charge is -2.46. The number of unbranched alkanes of at least 4 members (excludes halogenated alkanes) is 33. The van der Waals surface area contributed by atoms with Crippen molar-refractivity contribution in [2.75, 3.05) is 19.8 Å². The van der Waals surface area contributed by atoms with Crippen molar-refractivity contribution in [2.45, 2.75) is 331 Å². The number of allylic oxidation sites excluding steroid dienone is 5. The number of nitrogens with one attached hydrogen (secondary N) is 1. The molecular formula is C62H115NO13. The number of hydrogen-bond donors (Lipinski definition) is 9. The molecule has 0 bridgehead atoms. The monoisotopic (exact) mass is 1080 g/mol. The highest BCUT2D eigenvalue weighted by Gasteiger charge is 2.51. The van der Waals surface area contributed by atoms with Crippen LogP contribution in [0.3, 0.4) is 0 Å². The number of ether oxygens (including phenoxy) is 4. The van der Waals surface area contributed by atoms with Crippen LogP contribution in [0.25, 0.3) is 0 Å². The van der Waals surface area contributed by atoms with Gasteiger partial charge in [0.1, 0.15) is 48.8 Å². The predicted molar refractivity (Wildman–Crippen MR) is 305 cm³/mol. The maximum absolute atomic E-state index is 13.2. The molecule has 0 aliphatic carbocycles. The normalized spacial score (nSPS) is 25.1. The second-order valence-corrected chi connectivity index (χ2v) is 22.2. The highest BCUT2D eigenvalue weighted by atomic mass is 16.7. The van der Waals surface area contributed by atoms with Gasteiger partial charge in [-0.2, -0.15) is 0 Å². The van der Waals surface area contributed by atoms with E-state index in [2.05, 4.69) is 43.5 Å². The molecule has 9 N–H and O–H groups in total. The number of amides is 1. The van der Waals surface area contributed by atoms with E-state index in [0.717, 1.165) is 32.1 Å². The van der Waals surface area contributed by atoms with Crippen LogP contribution in [0.4, 0.5) is 0 Å². The molecule has 76 heavy (non-hydrogen) atoms. The van der Waals surface area contributed by atoms with Gasteiger partial charge in [0.2, 0.25) is 5.91 Å². The van der Waals surface area contributed by atoms with E-state index in [1.165, 1.54) is 193 Å². The third kappa shape index (κ3) is 33.1. The molecular weight excluding hydrogens is 967 g/mol. The fourth-order valence-electron chi connectivity index (χ4n) is 10.2. The van der Waals surface area contributed by atoms with Gasteiger partial charge < -0.3 is 65.1 Å². The van der Waals surface area contributed by atoms with Crippen LogP contribution in [-0.2, 0) is 23.7 Å². The van der Waals surface area contributed by atoms with Gasteiger partial charge in [0.05, 0.1) is 32.0 Å². The Labute approximate surface area is 461 Å². The molecule has 2 rings (SSSR count). The van der Waals surface area contributed by atoms with Crippen molar-refractivity contribution in [1.29, 1.82) is 0 Å². The van der Waals surface area contributed by atoms with Gasteiger partial charge >= 0.3 is 0 Å². The van der Waals surface area contributed by atoms with Crippen LogP contribution in [0.1, 0.15) is 258 Å². The first-order chi connectivity index (χ1) is 37.1. The van der Waals surface area contributed by atoms with E-state index in [1.807, 2.05) is 6.08 Å². The summed E-state index contributed by atoms with van der Waals surface area (Å²) in [6, 6.07) is -0.928. The van der Waals surface area contributed by atoms with Gasteiger partial charge in [-0.25, -0.2) is 0 Å². The van der Waals surface area contributed by atoms with Gasteiger partial charge in [0.15, 0.2) is 12.6 Å². The zero-order valence-electron chi connectivity index (χ0n) is 48.0. The maximum Gasteiger partial charge on any atom is 0.220 e. The fraction of sp³-hybridized carbons (Fsp3) is 0.887. The van der Waals surface area contributed by atoms with E-state index in [-0.39, 0.29) is 18.9 Å². The quantitative estimate of drug-likeness (QED) is 0.0204. The zero-order chi connectivity index (χ0) is 55.3. The average molecular weight is 1080 g/mol. The van der Waals surface area contributed by atoms with Crippen molar-refractivity contribution in [3.05, 3.63) is 36.5 Å². The molecule has 14 nitrogen and oxygen atoms in total. The van der Waals surface area contributed by atoms with E-state index in [1.54, 1.807) is 6.08 Å². The second-order valence-electron chi connectivity index (χ2n) is 22.2. The number of aliphatic hydroxyl groups is 8. The molecule has 0 spiro atoms. The van der Waals surface area contributed by atoms with Crippen LogP contribution >= 0.6 is 0 Å². The Hall–Kier alpha value is -1.79. The number of aliphatic hydroxyl groups excluding tert-OH is 8. The van der Waals surface area contributed by atoms with Gasteiger partial charge in [-0.1, -0.05) is 230 Å². The van der Waals surface area contributed by atoms with Crippen molar-refractivity contribution in [2.24, 2.45) is 0 Å². The summed E-state index contributed by atoms with van der Waals surface area (Å²) in [5, 5.41) is 86.9. The van der Waals surface area contributed by atoms with Gasteiger partial charge in [-0.3, -0.25) is 4.79 Å². The van der Waals surface area contributed by atoms with E-state index >= 15 is 0 Å². The Kier molecular flexibility index (Phi) is 44.4. The van der Waals surface area contributed by atoms with Crippen molar-refractivity contribution in [1.82, 2.24) is 5.32 Å². The maximum atomic E-state index is 13.2. The molecule has 0 aromatic heterocycles. The summed E-state index contributed by atoms with van der Waals surface area (Å²) in [5.74, 6) is -0.247. The fourth-order valence-corrected chi connectivity index (χ4v) is 10.2. The highest BCUT2D eigenvalue weighted by molar-refractivity contribution is 5.76. The summed E-state index contributed by atoms with van der Waals surface area (Å²) in [6.07, 6.45) is 42.2. The Balaban J connectivity index is 1.63. The summed E-state index contributed by atoms with van der Waals surface area (Å²) < 4.78 is 22.7. The van der Waals surface area contributed by atoms with E-state index in [0.29, 0.717) is 12.8 Å². The largest absolute Gasteiger partial charge is 0.394 e. The van der Waals surface area contributed by atoms with Gasteiger partial charge in [0, 0.05) is 6.42 Å². The Morgan fingerprint density at radius 1 is 0.461 bits per heavy atom. The first-order valence-electron chi connectivity index (χ1n) is 31.2. The highest BCUT2D eigenvalue weighted by Crippen LogP contribution is 2.30. The molecule has 2 fully saturated rings. The zero-order valence-corrected chi connectivity index (χ0v) is 48.0. The number of carbonyl (C=O) groups is 1. The summed E-state index contributed by atoms with van der Waals surface area (Å²) >= 11 is 0. The van der Waals surface area contributed by atoms with Crippen molar-refractivity contribution < 1.29 is 64.6 Å². The molecule has 2 heterocycles. The van der Waals surface area contributed by atoms with Gasteiger partial charge in [0.25, 0.3) is 0 Å². The number of carbonyl (C=O) groups excluding carboxylic acids is 1. The molecule has 14 heteroatoms. The Bertz CT molecular complexity index is 1410. The Morgan fingerprint density at radius 2 is 0.842 bits per heavy atom. The summed E-state index contributed by atoms with van der Waals surface area (Å²) in [5.41, 5.74) is 0. The minimum atomic E-state index is -1.79. The summed E-state index contributed by atoms with van der Waals surface area (Å²) in [4.78, 5) is 13.2. The molecule has 0 aromatic carbocycles. The van der Waals surface area contributed by atoms with E-state index in [4.69, 9.17) is 18.9 Å². The number of rotatable bonds is 50. The third-order valence-electron chi connectivity index (χ3n) is 15.3. The van der Waals surface area contributed by atoms with Crippen LogP contribution in [0.5, 0.6) is 0 Å². The average Bonchev–Trinajstić information content (AvgIpc) is 3.42. The van der Waals surface area contributed by atoms with Crippen LogP contribution in [0.2, 0.25) is 0 Å². The second kappa shape index (κ2) is 48.0. The molecule has 2 saturated heterocycles. The standard InChI is InChI=1S/C62H115NO13/c1-3-5-7-9-11-13-15-16-17-18-19-20-21-22-23-24-25-26-27-28-29-30-31-32-33-34-36-38-40-42-44-46-54(67)63-50(51(66)45-43-41-39-37-35-14-12-10-8-6-4-2)49-73-61-59(72)57(70)60(53(48-65)75-61)76-62-58(71)56(69)55(68)52(47-64)74-62/h18-19,35,37,43,45,50-53,55-62,64-66,68-72H,3-17,20-34,36,38-42,44,46-49H2,1-2H3,(H,63,67)/b19-18-,37-35+,45-43+. The lowest BCUT2D eigenvalue weighted by Crippen LogP contribution is -2.65. The van der Waals surface area contributed by atoms with Gasteiger partial charge in [-0.15, -0.1) is 0 Å². The van der Waals surface area contributed by atoms with Crippen LogP contribution < -0.4 is 5.32 Å². The molecule has 12 unspecified atom stereocenters. The van der Waals surface area contributed by atoms with E-state index in [9.17, 15) is 45.6 Å². The third-order valence-corrected chi connectivity index (χ3v) is 15.3. The summed E-state index contributed by atoms with van der Waals surface area (Å²) in [6.45, 7) is 2.76. The first-order valence-corrected chi connectivity index (χ1v) is 31.2. The van der Waals surface area contributed by atoms with Crippen molar-refractivity contribution >= 4 is 5.91 Å². The van der Waals surface area contributed by atoms with Crippen molar-refractivity contribution in [3.8, 4) is 0 Å². The smallest absolute Gasteiger partial charge is 0.220 e. The molecule has 446 valence electrons. The minimum Gasteiger partial charge on any atom is -0.394 e. The molecule has 1 amide bonds. The lowest BCUT2D eigenvalue weighted by molar-refractivity contribution is -0.359. The SMILES string of the molecule is CCCCCCC/C=C/CC/C=C/C(O)C(COC1OC(CO)C(OC2OC(CO)C(O)C(O)C2O)C(O)C1O)NC(=O)CCCCCCCCCCCCCCCCCCCCC/C=C\CCCCCCCCCC. The molecule has 0 radical (unpaired) electrons. The minimum absolute atomic E-state index is 0.247. The molecule has 0 saturated carbocycles.